The monoisotopic (exact) mass is 414 g/mol. The average molecular weight is 415 g/mol. The van der Waals surface area contributed by atoms with E-state index in [1.54, 1.807) is 12.1 Å². The van der Waals surface area contributed by atoms with Crippen molar-refractivity contribution in [2.45, 2.75) is 27.7 Å². The van der Waals surface area contributed by atoms with Gasteiger partial charge in [-0.3, -0.25) is 4.79 Å². The molecule has 0 saturated carbocycles. The average Bonchev–Trinajstić information content (AvgIpc) is 3.16. The Bertz CT molecular complexity index is 1170. The third-order valence-electron chi connectivity index (χ3n) is 5.09. The number of ether oxygens (including phenoxy) is 1. The highest BCUT2D eigenvalue weighted by Crippen LogP contribution is 2.27. The van der Waals surface area contributed by atoms with Crippen molar-refractivity contribution >= 4 is 22.7 Å². The van der Waals surface area contributed by atoms with Crippen LogP contribution in [0.1, 0.15) is 35.3 Å². The van der Waals surface area contributed by atoms with Crippen molar-refractivity contribution in [2.24, 2.45) is 5.92 Å². The van der Waals surface area contributed by atoms with Gasteiger partial charge in [-0.15, -0.1) is 0 Å². The fourth-order valence-electron chi connectivity index (χ4n) is 3.17. The molecule has 4 aromatic rings. The van der Waals surface area contributed by atoms with Gasteiger partial charge in [0.2, 0.25) is 5.89 Å². The molecule has 1 amide bonds. The minimum atomic E-state index is -0.170. The third kappa shape index (κ3) is 4.77. The number of fused-ring (bicyclic) bond motifs is 1. The number of aryl methyl sites for hydroxylation is 2. The van der Waals surface area contributed by atoms with Crippen LogP contribution in [0.15, 0.2) is 65.1 Å². The van der Waals surface area contributed by atoms with Crippen molar-refractivity contribution in [1.82, 2.24) is 4.98 Å². The molecule has 1 heterocycles. The van der Waals surface area contributed by atoms with Gasteiger partial charge < -0.3 is 14.5 Å². The van der Waals surface area contributed by atoms with E-state index in [0.717, 1.165) is 22.4 Å². The van der Waals surface area contributed by atoms with E-state index in [1.807, 2.05) is 48.5 Å². The summed E-state index contributed by atoms with van der Waals surface area (Å²) in [5, 5.41) is 2.92. The normalized spacial score (nSPS) is 11.1. The highest BCUT2D eigenvalue weighted by molar-refractivity contribution is 6.04. The first-order chi connectivity index (χ1) is 14.9. The van der Waals surface area contributed by atoms with Crippen LogP contribution in [0.2, 0.25) is 0 Å². The van der Waals surface area contributed by atoms with E-state index in [2.05, 4.69) is 38.0 Å². The number of carbonyl (C=O) groups excluding carboxylic acids is 1. The van der Waals surface area contributed by atoms with Gasteiger partial charge in [0.25, 0.3) is 5.91 Å². The van der Waals surface area contributed by atoms with Gasteiger partial charge in [-0.1, -0.05) is 13.8 Å². The van der Waals surface area contributed by atoms with Crippen molar-refractivity contribution in [3.63, 3.8) is 0 Å². The van der Waals surface area contributed by atoms with Crippen molar-refractivity contribution in [3.05, 3.63) is 77.4 Å². The van der Waals surface area contributed by atoms with Gasteiger partial charge in [0, 0.05) is 16.8 Å². The number of rotatable bonds is 6. The van der Waals surface area contributed by atoms with E-state index in [4.69, 9.17) is 9.15 Å². The van der Waals surface area contributed by atoms with Crippen LogP contribution in [0.5, 0.6) is 5.75 Å². The number of anilines is 1. The predicted octanol–water partition coefficient (Wildman–Crippen LogP) is 6.40. The lowest BCUT2D eigenvalue weighted by Gasteiger charge is -2.09. The summed E-state index contributed by atoms with van der Waals surface area (Å²) < 4.78 is 11.6. The molecule has 3 aromatic carbocycles. The maximum Gasteiger partial charge on any atom is 0.255 e. The number of carbonyl (C=O) groups is 1. The molecule has 5 heteroatoms. The number of nitrogens with zero attached hydrogens (tertiary/aromatic N) is 1. The summed E-state index contributed by atoms with van der Waals surface area (Å²) >= 11 is 0. The number of oxazole rings is 1. The molecular weight excluding hydrogens is 388 g/mol. The largest absolute Gasteiger partial charge is 0.493 e. The Morgan fingerprint density at radius 1 is 1.00 bits per heavy atom. The van der Waals surface area contributed by atoms with E-state index < -0.39 is 0 Å². The van der Waals surface area contributed by atoms with Crippen LogP contribution in [0.25, 0.3) is 22.6 Å². The standard InChI is InChI=1S/C26H26N2O3/c1-16(2)15-30-22-11-7-19(8-12-22)25(29)27-21-9-5-20(6-10-21)26-28-23-13-17(3)18(4)14-24(23)31-26/h5-14,16H,15H2,1-4H3,(H,27,29). The van der Waals surface area contributed by atoms with Crippen molar-refractivity contribution in [2.75, 3.05) is 11.9 Å². The summed E-state index contributed by atoms with van der Waals surface area (Å²) in [6.45, 7) is 8.96. The lowest BCUT2D eigenvalue weighted by molar-refractivity contribution is 0.102. The summed E-state index contributed by atoms with van der Waals surface area (Å²) in [6.07, 6.45) is 0. The van der Waals surface area contributed by atoms with Crippen LogP contribution in [0, 0.1) is 19.8 Å². The van der Waals surface area contributed by atoms with Crippen LogP contribution >= 0.6 is 0 Å². The van der Waals surface area contributed by atoms with Crippen LogP contribution in [0.4, 0.5) is 5.69 Å². The molecule has 158 valence electrons. The number of amides is 1. The molecule has 1 N–H and O–H groups in total. The lowest BCUT2D eigenvalue weighted by Crippen LogP contribution is -2.11. The first kappa shape index (κ1) is 20.7. The SMILES string of the molecule is Cc1cc2nc(-c3ccc(NC(=O)c4ccc(OCC(C)C)cc4)cc3)oc2cc1C. The molecule has 0 unspecified atom stereocenters. The predicted molar refractivity (Wildman–Crippen MR) is 124 cm³/mol. The van der Waals surface area contributed by atoms with E-state index in [0.29, 0.717) is 29.7 Å². The topological polar surface area (TPSA) is 64.4 Å². The van der Waals surface area contributed by atoms with Crippen molar-refractivity contribution < 1.29 is 13.9 Å². The van der Waals surface area contributed by atoms with Gasteiger partial charge in [0.1, 0.15) is 11.3 Å². The molecule has 0 atom stereocenters. The number of nitrogens with one attached hydrogen (secondary N) is 1. The minimum Gasteiger partial charge on any atom is -0.493 e. The summed E-state index contributed by atoms with van der Waals surface area (Å²) in [4.78, 5) is 17.1. The summed E-state index contributed by atoms with van der Waals surface area (Å²) in [6, 6.07) is 18.7. The zero-order valence-corrected chi connectivity index (χ0v) is 18.2. The molecule has 5 nitrogen and oxygen atoms in total. The Kier molecular flexibility index (Phi) is 5.76. The fourth-order valence-corrected chi connectivity index (χ4v) is 3.17. The van der Waals surface area contributed by atoms with Crippen LogP contribution in [-0.4, -0.2) is 17.5 Å². The smallest absolute Gasteiger partial charge is 0.255 e. The highest BCUT2D eigenvalue weighted by Gasteiger charge is 2.11. The highest BCUT2D eigenvalue weighted by atomic mass is 16.5. The van der Waals surface area contributed by atoms with Gasteiger partial charge in [0.05, 0.1) is 6.61 Å². The maximum absolute atomic E-state index is 12.5. The maximum atomic E-state index is 12.5. The molecule has 0 spiro atoms. The zero-order valence-electron chi connectivity index (χ0n) is 18.2. The van der Waals surface area contributed by atoms with Gasteiger partial charge in [-0.25, -0.2) is 4.98 Å². The lowest BCUT2D eigenvalue weighted by atomic mass is 10.1. The molecule has 0 saturated heterocycles. The zero-order chi connectivity index (χ0) is 22.0. The van der Waals surface area contributed by atoms with Crippen LogP contribution in [0.3, 0.4) is 0 Å². The number of hydrogen-bond acceptors (Lipinski definition) is 4. The van der Waals surface area contributed by atoms with E-state index in [1.165, 1.54) is 11.1 Å². The van der Waals surface area contributed by atoms with E-state index in [9.17, 15) is 4.79 Å². The van der Waals surface area contributed by atoms with Crippen molar-refractivity contribution in [1.29, 1.82) is 0 Å². The fraction of sp³-hybridized carbons (Fsp3) is 0.231. The molecule has 0 aliphatic rings. The summed E-state index contributed by atoms with van der Waals surface area (Å²) in [5.41, 5.74) is 6.11. The first-order valence-corrected chi connectivity index (χ1v) is 10.4. The molecule has 1 aromatic heterocycles. The number of aromatic nitrogens is 1. The second kappa shape index (κ2) is 8.64. The Morgan fingerprint density at radius 3 is 2.35 bits per heavy atom. The van der Waals surface area contributed by atoms with Gasteiger partial charge >= 0.3 is 0 Å². The second-order valence-electron chi connectivity index (χ2n) is 8.18. The molecule has 31 heavy (non-hydrogen) atoms. The van der Waals surface area contributed by atoms with Gasteiger partial charge in [-0.05, 0) is 91.6 Å². The quantitative estimate of drug-likeness (QED) is 0.396. The Labute approximate surface area is 182 Å². The first-order valence-electron chi connectivity index (χ1n) is 10.4. The van der Waals surface area contributed by atoms with Gasteiger partial charge in [0.15, 0.2) is 5.58 Å². The Hall–Kier alpha value is -3.60. The number of benzene rings is 3. The molecule has 0 radical (unpaired) electrons. The number of hydrogen-bond donors (Lipinski definition) is 1. The molecule has 0 aliphatic heterocycles. The molecular formula is C26H26N2O3. The molecule has 0 aliphatic carbocycles. The van der Waals surface area contributed by atoms with Crippen LogP contribution in [-0.2, 0) is 0 Å². The summed E-state index contributed by atoms with van der Waals surface area (Å²) in [7, 11) is 0. The Morgan fingerprint density at radius 2 is 1.68 bits per heavy atom. The second-order valence-corrected chi connectivity index (χ2v) is 8.18. The minimum absolute atomic E-state index is 0.170. The summed E-state index contributed by atoms with van der Waals surface area (Å²) in [5.74, 6) is 1.61. The Balaban J connectivity index is 1.44. The van der Waals surface area contributed by atoms with E-state index >= 15 is 0 Å². The third-order valence-corrected chi connectivity index (χ3v) is 5.09. The van der Waals surface area contributed by atoms with Crippen molar-refractivity contribution in [3.8, 4) is 17.2 Å². The molecule has 0 fully saturated rings. The van der Waals surface area contributed by atoms with Gasteiger partial charge in [-0.2, -0.15) is 0 Å². The van der Waals surface area contributed by atoms with Crippen LogP contribution < -0.4 is 10.1 Å². The molecule has 0 bridgehead atoms. The molecule has 4 rings (SSSR count). The van der Waals surface area contributed by atoms with E-state index in [-0.39, 0.29) is 5.91 Å².